The minimum Gasteiger partial charge on any atom is -0.481 e. The summed E-state index contributed by atoms with van der Waals surface area (Å²) in [5, 5.41) is 10.9. The summed E-state index contributed by atoms with van der Waals surface area (Å²) >= 11 is 0. The minimum atomic E-state index is -0.911. The lowest BCUT2D eigenvalue weighted by atomic mass is 9.95. The van der Waals surface area contributed by atoms with Crippen LogP contribution in [0.25, 0.3) is 0 Å². The Balaban J connectivity index is 3.74. The fourth-order valence-corrected chi connectivity index (χ4v) is 0.969. The maximum atomic E-state index is 11.4. The molecule has 5 nitrogen and oxygen atoms in total. The topological polar surface area (TPSA) is 83.5 Å². The van der Waals surface area contributed by atoms with E-state index in [1.165, 1.54) is 0 Å². The van der Waals surface area contributed by atoms with Gasteiger partial charge in [0.1, 0.15) is 0 Å². The number of hydrogen-bond acceptors (Lipinski definition) is 3. The molecule has 0 radical (unpaired) electrons. The van der Waals surface area contributed by atoms with Gasteiger partial charge in [-0.1, -0.05) is 20.8 Å². The number of hydrogen-bond donors (Lipinski definition) is 2. The molecule has 0 aromatic heterocycles. The van der Waals surface area contributed by atoms with Gasteiger partial charge < -0.3 is 10.4 Å². The van der Waals surface area contributed by atoms with Crippen LogP contribution in [0.2, 0.25) is 0 Å². The van der Waals surface area contributed by atoms with Gasteiger partial charge >= 0.3 is 5.97 Å². The SMILES string of the molecule is CC(C)(C)C(=O)NCC(=O)CCCC(=O)O. The molecule has 1 amide bonds. The molecule has 92 valence electrons. The highest BCUT2D eigenvalue weighted by molar-refractivity contribution is 5.88. The van der Waals surface area contributed by atoms with E-state index < -0.39 is 11.4 Å². The summed E-state index contributed by atoms with van der Waals surface area (Å²) in [4.78, 5) is 32.8. The monoisotopic (exact) mass is 229 g/mol. The van der Waals surface area contributed by atoms with Gasteiger partial charge in [0.05, 0.1) is 6.54 Å². The van der Waals surface area contributed by atoms with E-state index in [2.05, 4.69) is 5.32 Å². The van der Waals surface area contributed by atoms with Crippen LogP contribution < -0.4 is 5.32 Å². The third-order valence-corrected chi connectivity index (χ3v) is 1.97. The highest BCUT2D eigenvalue weighted by Gasteiger charge is 2.21. The fraction of sp³-hybridized carbons (Fsp3) is 0.727. The van der Waals surface area contributed by atoms with Gasteiger partial charge in [0, 0.05) is 18.3 Å². The Morgan fingerprint density at radius 2 is 1.69 bits per heavy atom. The molecule has 0 aromatic carbocycles. The van der Waals surface area contributed by atoms with Crippen molar-refractivity contribution in [1.82, 2.24) is 5.32 Å². The standard InChI is InChI=1S/C11H19NO4/c1-11(2,3)10(16)12-7-8(13)5-4-6-9(14)15/h4-7H2,1-3H3,(H,12,16)(H,14,15). The van der Waals surface area contributed by atoms with Crippen molar-refractivity contribution in [2.45, 2.75) is 40.0 Å². The van der Waals surface area contributed by atoms with Crippen molar-refractivity contribution in [2.75, 3.05) is 6.54 Å². The van der Waals surface area contributed by atoms with E-state index >= 15 is 0 Å². The van der Waals surface area contributed by atoms with E-state index in [-0.39, 0.29) is 31.1 Å². The summed E-state index contributed by atoms with van der Waals surface area (Å²) in [7, 11) is 0. The Kier molecular flexibility index (Phi) is 5.71. The van der Waals surface area contributed by atoms with E-state index in [0.717, 1.165) is 0 Å². The van der Waals surface area contributed by atoms with Gasteiger partial charge in [-0.2, -0.15) is 0 Å². The van der Waals surface area contributed by atoms with Gasteiger partial charge in [0.25, 0.3) is 0 Å². The van der Waals surface area contributed by atoms with Gasteiger partial charge in [-0.05, 0) is 6.42 Å². The summed E-state index contributed by atoms with van der Waals surface area (Å²) in [6.45, 7) is 5.27. The van der Waals surface area contributed by atoms with E-state index in [9.17, 15) is 14.4 Å². The number of carbonyl (C=O) groups excluding carboxylic acids is 2. The average Bonchev–Trinajstić information content (AvgIpc) is 2.11. The normalized spacial score (nSPS) is 10.9. The summed E-state index contributed by atoms with van der Waals surface area (Å²) in [5.74, 6) is -1.23. The van der Waals surface area contributed by atoms with Crippen molar-refractivity contribution >= 4 is 17.7 Å². The molecule has 0 bridgehead atoms. The lowest BCUT2D eigenvalue weighted by molar-refractivity contribution is -0.137. The molecule has 0 saturated carbocycles. The summed E-state index contributed by atoms with van der Waals surface area (Å²) in [5.41, 5.74) is -0.513. The summed E-state index contributed by atoms with van der Waals surface area (Å²) in [6.07, 6.45) is 0.495. The Labute approximate surface area is 95.2 Å². The molecule has 16 heavy (non-hydrogen) atoms. The molecule has 0 aliphatic rings. The fourth-order valence-electron chi connectivity index (χ4n) is 0.969. The highest BCUT2D eigenvalue weighted by atomic mass is 16.4. The van der Waals surface area contributed by atoms with Crippen molar-refractivity contribution in [3.05, 3.63) is 0 Å². The molecule has 0 unspecified atom stereocenters. The van der Waals surface area contributed by atoms with Gasteiger partial charge in [-0.3, -0.25) is 14.4 Å². The number of carboxylic acid groups (broad SMARTS) is 1. The molecule has 0 aliphatic heterocycles. The molecular weight excluding hydrogens is 210 g/mol. The molecule has 0 atom stereocenters. The number of carboxylic acids is 1. The first-order valence-electron chi connectivity index (χ1n) is 5.25. The minimum absolute atomic E-state index is 0.0149. The van der Waals surface area contributed by atoms with Crippen LogP contribution in [0.4, 0.5) is 0 Å². The second-order valence-corrected chi connectivity index (χ2v) is 4.72. The molecule has 0 aliphatic carbocycles. The largest absolute Gasteiger partial charge is 0.481 e. The van der Waals surface area contributed by atoms with Crippen LogP contribution in [0.1, 0.15) is 40.0 Å². The lowest BCUT2D eigenvalue weighted by Crippen LogP contribution is -2.37. The number of rotatable bonds is 6. The molecule has 0 fully saturated rings. The Morgan fingerprint density at radius 3 is 2.12 bits per heavy atom. The van der Waals surface area contributed by atoms with E-state index in [4.69, 9.17) is 5.11 Å². The number of ketones is 1. The van der Waals surface area contributed by atoms with Gasteiger partial charge in [0.15, 0.2) is 5.78 Å². The van der Waals surface area contributed by atoms with Gasteiger partial charge in [-0.25, -0.2) is 0 Å². The van der Waals surface area contributed by atoms with Crippen LogP contribution in [0.3, 0.4) is 0 Å². The van der Waals surface area contributed by atoms with Crippen LogP contribution in [-0.4, -0.2) is 29.3 Å². The van der Waals surface area contributed by atoms with E-state index in [1.807, 2.05) is 0 Å². The molecule has 2 N–H and O–H groups in total. The average molecular weight is 229 g/mol. The maximum Gasteiger partial charge on any atom is 0.303 e. The Bertz CT molecular complexity index is 278. The van der Waals surface area contributed by atoms with Crippen LogP contribution in [0.5, 0.6) is 0 Å². The first-order chi connectivity index (χ1) is 7.23. The second kappa shape index (κ2) is 6.25. The smallest absolute Gasteiger partial charge is 0.303 e. The van der Waals surface area contributed by atoms with Gasteiger partial charge in [-0.15, -0.1) is 0 Å². The Morgan fingerprint density at radius 1 is 1.12 bits per heavy atom. The molecule has 0 saturated heterocycles. The van der Waals surface area contributed by atoms with Crippen LogP contribution in [-0.2, 0) is 14.4 Å². The van der Waals surface area contributed by atoms with Crippen LogP contribution in [0.15, 0.2) is 0 Å². The molecular formula is C11H19NO4. The predicted octanol–water partition coefficient (Wildman–Crippen LogP) is 0.973. The van der Waals surface area contributed by atoms with Crippen molar-refractivity contribution < 1.29 is 19.5 Å². The molecule has 0 heterocycles. The first-order valence-corrected chi connectivity index (χ1v) is 5.25. The number of amides is 1. The van der Waals surface area contributed by atoms with Crippen molar-refractivity contribution in [3.63, 3.8) is 0 Å². The number of carbonyl (C=O) groups is 3. The quantitative estimate of drug-likeness (QED) is 0.711. The van der Waals surface area contributed by atoms with E-state index in [1.54, 1.807) is 20.8 Å². The molecule has 0 aromatic rings. The van der Waals surface area contributed by atoms with E-state index in [0.29, 0.717) is 6.42 Å². The van der Waals surface area contributed by atoms with Crippen LogP contribution in [0, 0.1) is 5.41 Å². The van der Waals surface area contributed by atoms with Gasteiger partial charge in [0.2, 0.25) is 5.91 Å². The third-order valence-electron chi connectivity index (χ3n) is 1.97. The number of Topliss-reactive ketones (excluding diaryl/α,β-unsaturated/α-hetero) is 1. The summed E-state index contributed by atoms with van der Waals surface area (Å²) in [6, 6.07) is 0. The Hall–Kier alpha value is -1.39. The van der Waals surface area contributed by atoms with Crippen molar-refractivity contribution in [3.8, 4) is 0 Å². The third kappa shape index (κ3) is 6.98. The maximum absolute atomic E-state index is 11.4. The summed E-state index contributed by atoms with van der Waals surface area (Å²) < 4.78 is 0. The molecule has 0 rings (SSSR count). The van der Waals surface area contributed by atoms with Crippen molar-refractivity contribution in [2.24, 2.45) is 5.41 Å². The zero-order valence-electron chi connectivity index (χ0n) is 10.0. The second-order valence-electron chi connectivity index (χ2n) is 4.72. The first kappa shape index (κ1) is 14.6. The predicted molar refractivity (Wildman–Crippen MR) is 59.0 cm³/mol. The zero-order valence-corrected chi connectivity index (χ0v) is 10.0. The number of aliphatic carboxylic acids is 1. The highest BCUT2D eigenvalue weighted by Crippen LogP contribution is 2.12. The molecule has 5 heteroatoms. The number of nitrogens with one attached hydrogen (secondary N) is 1. The molecule has 0 spiro atoms. The van der Waals surface area contributed by atoms with Crippen LogP contribution >= 0.6 is 0 Å². The lowest BCUT2D eigenvalue weighted by Gasteiger charge is -2.17. The van der Waals surface area contributed by atoms with Crippen molar-refractivity contribution in [1.29, 1.82) is 0 Å². The zero-order chi connectivity index (χ0) is 12.8.